The third kappa shape index (κ3) is 6.73. The Morgan fingerprint density at radius 2 is 1.33 bits per heavy atom. The predicted octanol–water partition coefficient (Wildman–Crippen LogP) is 17.2. The van der Waals surface area contributed by atoms with Crippen LogP contribution in [0.1, 0.15) is 71.6 Å². The maximum atomic E-state index is 2.55. The summed E-state index contributed by atoms with van der Waals surface area (Å²) in [4.78, 5) is 1.41. The van der Waals surface area contributed by atoms with Crippen LogP contribution in [0.15, 0.2) is 206 Å². The molecule has 0 amide bonds. The Bertz CT molecular complexity index is 3330. The third-order valence-electron chi connectivity index (χ3n) is 14.5. The molecule has 0 spiro atoms. The molecule has 0 radical (unpaired) electrons. The van der Waals surface area contributed by atoms with Gasteiger partial charge in [0.25, 0.3) is 0 Å². The van der Waals surface area contributed by atoms with Gasteiger partial charge < -0.3 is 0 Å². The normalized spacial score (nSPS) is 16.7. The molecule has 0 fully saturated rings. The van der Waals surface area contributed by atoms with Crippen molar-refractivity contribution >= 4 is 37.8 Å². The van der Waals surface area contributed by atoms with Crippen molar-refractivity contribution in [3.8, 4) is 43.8 Å². The first-order chi connectivity index (χ1) is 31.5. The van der Waals surface area contributed by atoms with E-state index in [4.69, 9.17) is 0 Å². The van der Waals surface area contributed by atoms with Gasteiger partial charge in [0.1, 0.15) is 0 Å². The molecule has 0 N–H and O–H groups in total. The van der Waals surface area contributed by atoms with Gasteiger partial charge in [0.2, 0.25) is 0 Å². The molecular formula is C63H50S. The van der Waals surface area contributed by atoms with Crippen molar-refractivity contribution in [2.24, 2.45) is 5.92 Å². The van der Waals surface area contributed by atoms with Crippen molar-refractivity contribution in [1.82, 2.24) is 0 Å². The fourth-order valence-corrected chi connectivity index (χ4v) is 12.4. The Morgan fingerprint density at radius 3 is 2.17 bits per heavy atom. The van der Waals surface area contributed by atoms with Crippen LogP contribution in [-0.2, 0) is 18.3 Å². The van der Waals surface area contributed by atoms with Gasteiger partial charge in [-0.15, -0.1) is 11.3 Å². The fourth-order valence-electron chi connectivity index (χ4n) is 11.1. The van der Waals surface area contributed by atoms with Crippen molar-refractivity contribution in [2.45, 2.75) is 50.9 Å². The second-order valence-electron chi connectivity index (χ2n) is 18.7. The third-order valence-corrected chi connectivity index (χ3v) is 15.7. The fraction of sp³-hybridized carbons (Fsp3) is 0.143. The summed E-state index contributed by atoms with van der Waals surface area (Å²) in [6.07, 6.45) is 15.6. The Kier molecular flexibility index (Phi) is 9.57. The number of fused-ring (bicyclic) bond motifs is 10. The average Bonchev–Trinajstić information content (AvgIpc) is 3.86. The highest BCUT2D eigenvalue weighted by Gasteiger charge is 2.36. The van der Waals surface area contributed by atoms with Crippen molar-refractivity contribution in [1.29, 1.82) is 0 Å². The zero-order valence-electron chi connectivity index (χ0n) is 36.5. The highest BCUT2D eigenvalue weighted by molar-refractivity contribution is 7.23. The lowest BCUT2D eigenvalue weighted by Gasteiger charge is -2.24. The van der Waals surface area contributed by atoms with Crippen LogP contribution in [0.5, 0.6) is 0 Å². The SMILES string of the molecule is CC1(C)c2ccccc2-c2ccc(C(CCc3ccc(-c4ccc5c(c4)-c4sc6ccc7ccccc7c6c4/C(=C\C4C=CC=CC4)C5)cc3)c3ccc(-c4ccccc4)cc3)cc21. The lowest BCUT2D eigenvalue weighted by molar-refractivity contribution is 0.654. The first-order valence-electron chi connectivity index (χ1n) is 23.1. The van der Waals surface area contributed by atoms with E-state index in [2.05, 4.69) is 220 Å². The van der Waals surface area contributed by atoms with Crippen LogP contribution in [0.4, 0.5) is 0 Å². The number of thiophene rings is 1. The molecule has 9 aromatic rings. The van der Waals surface area contributed by atoms with E-state index < -0.39 is 0 Å². The molecule has 0 bridgehead atoms. The average molecular weight is 839 g/mol. The molecule has 3 aliphatic carbocycles. The molecule has 64 heavy (non-hydrogen) atoms. The van der Waals surface area contributed by atoms with Crippen LogP contribution in [0.2, 0.25) is 0 Å². The molecule has 12 rings (SSSR count). The van der Waals surface area contributed by atoms with Gasteiger partial charge in [-0.3, -0.25) is 0 Å². The minimum atomic E-state index is -0.0353. The van der Waals surface area contributed by atoms with Crippen LogP contribution in [0.25, 0.3) is 70.3 Å². The molecule has 8 aromatic carbocycles. The summed E-state index contributed by atoms with van der Waals surface area (Å²) < 4.78 is 1.37. The van der Waals surface area contributed by atoms with Crippen LogP contribution in [0.3, 0.4) is 0 Å². The smallest absolute Gasteiger partial charge is 0.0433 e. The van der Waals surface area contributed by atoms with E-state index in [0.717, 1.165) is 25.7 Å². The number of rotatable bonds is 8. The van der Waals surface area contributed by atoms with Gasteiger partial charge in [-0.1, -0.05) is 208 Å². The largest absolute Gasteiger partial charge is 0.135 e. The Balaban J connectivity index is 0.861. The molecule has 2 unspecified atom stereocenters. The molecule has 308 valence electrons. The van der Waals surface area contributed by atoms with Gasteiger partial charge in [0.15, 0.2) is 0 Å². The number of benzene rings is 8. The Morgan fingerprint density at radius 1 is 0.609 bits per heavy atom. The summed E-state index contributed by atoms with van der Waals surface area (Å²) in [5, 5.41) is 4.08. The lowest BCUT2D eigenvalue weighted by Crippen LogP contribution is -2.15. The molecule has 0 nitrogen and oxygen atoms in total. The second-order valence-corrected chi connectivity index (χ2v) is 19.7. The zero-order chi connectivity index (χ0) is 42.8. The number of allylic oxidation sites excluding steroid dienone is 6. The molecule has 2 atom stereocenters. The van der Waals surface area contributed by atoms with Gasteiger partial charge in [0.05, 0.1) is 0 Å². The monoisotopic (exact) mass is 838 g/mol. The van der Waals surface area contributed by atoms with E-state index >= 15 is 0 Å². The highest BCUT2D eigenvalue weighted by Crippen LogP contribution is 2.52. The lowest BCUT2D eigenvalue weighted by atomic mass is 9.79. The standard InChI is InChI=1S/C63H50S/c1-63(2)57-20-12-11-19-54(57)55-35-32-50(40-58(55)63)52(47-28-26-44(27-29-47)43-15-7-4-8-16-43)34-23-41-21-24-45(25-22-41)48-30-31-49-38-51(37-42-13-5-3-6-14-42)60-61-53-18-10-9-17-46(53)33-36-59(61)64-62(60)56(49)39-48/h3-13,15-22,24-33,35-37,39-40,42,52H,14,23,34,38H2,1-2H3/b51-37-. The molecular weight excluding hydrogens is 789 g/mol. The summed E-state index contributed by atoms with van der Waals surface area (Å²) in [7, 11) is 0. The van der Waals surface area contributed by atoms with E-state index in [1.54, 1.807) is 0 Å². The van der Waals surface area contributed by atoms with E-state index in [1.807, 2.05) is 11.3 Å². The van der Waals surface area contributed by atoms with E-state index in [9.17, 15) is 0 Å². The maximum absolute atomic E-state index is 2.55. The number of hydrogen-bond donors (Lipinski definition) is 0. The van der Waals surface area contributed by atoms with E-state index in [0.29, 0.717) is 5.92 Å². The van der Waals surface area contributed by atoms with Gasteiger partial charge in [-0.2, -0.15) is 0 Å². The van der Waals surface area contributed by atoms with Crippen molar-refractivity contribution in [3.63, 3.8) is 0 Å². The van der Waals surface area contributed by atoms with Gasteiger partial charge in [0, 0.05) is 31.9 Å². The first-order valence-corrected chi connectivity index (χ1v) is 23.9. The van der Waals surface area contributed by atoms with Crippen molar-refractivity contribution < 1.29 is 0 Å². The number of aryl methyl sites for hydroxylation is 1. The summed E-state index contributed by atoms with van der Waals surface area (Å²) in [5.41, 5.74) is 20.5. The minimum Gasteiger partial charge on any atom is -0.135 e. The summed E-state index contributed by atoms with van der Waals surface area (Å²) in [5.74, 6) is 0.693. The molecule has 1 heterocycles. The molecule has 0 saturated heterocycles. The quantitative estimate of drug-likeness (QED) is 0.143. The first kappa shape index (κ1) is 38.8. The van der Waals surface area contributed by atoms with Crippen LogP contribution < -0.4 is 0 Å². The Labute approximate surface area is 381 Å². The Hall–Kier alpha value is -6.80. The zero-order valence-corrected chi connectivity index (χ0v) is 37.3. The van der Waals surface area contributed by atoms with Crippen molar-refractivity contribution in [3.05, 3.63) is 245 Å². The van der Waals surface area contributed by atoms with Gasteiger partial charge in [-0.25, -0.2) is 0 Å². The molecule has 1 aromatic heterocycles. The highest BCUT2D eigenvalue weighted by atomic mass is 32.1. The van der Waals surface area contributed by atoms with Gasteiger partial charge >= 0.3 is 0 Å². The second kappa shape index (κ2) is 15.8. The number of hydrogen-bond acceptors (Lipinski definition) is 1. The van der Waals surface area contributed by atoms with Crippen LogP contribution in [-0.4, -0.2) is 0 Å². The van der Waals surface area contributed by atoms with Crippen LogP contribution in [0, 0.1) is 5.92 Å². The summed E-state index contributed by atoms with van der Waals surface area (Å²) in [6.45, 7) is 4.78. The van der Waals surface area contributed by atoms with E-state index in [1.165, 1.54) is 109 Å². The van der Waals surface area contributed by atoms with Gasteiger partial charge in [-0.05, 0) is 132 Å². The molecule has 3 aliphatic rings. The summed E-state index contributed by atoms with van der Waals surface area (Å²) >= 11 is 1.96. The molecule has 0 saturated carbocycles. The summed E-state index contributed by atoms with van der Waals surface area (Å²) in [6, 6.07) is 66.6. The van der Waals surface area contributed by atoms with Crippen molar-refractivity contribution in [2.75, 3.05) is 0 Å². The van der Waals surface area contributed by atoms with Crippen LogP contribution >= 0.6 is 11.3 Å². The molecule has 1 heteroatoms. The minimum absolute atomic E-state index is 0.0353. The molecule has 0 aliphatic heterocycles. The topological polar surface area (TPSA) is 0 Å². The predicted molar refractivity (Wildman–Crippen MR) is 274 cm³/mol. The maximum Gasteiger partial charge on any atom is 0.0433 e. The van der Waals surface area contributed by atoms with E-state index in [-0.39, 0.29) is 11.3 Å².